The molecular formula is C3H4NaO5. The van der Waals surface area contributed by atoms with Gasteiger partial charge in [0.15, 0.2) is 0 Å². The SMILES string of the molecule is O=C(O)C(O)C(=O)O.[Na]. The van der Waals surface area contributed by atoms with E-state index in [1.54, 1.807) is 0 Å². The Hall–Kier alpha value is -0.100. The maximum Gasteiger partial charge on any atom is 0.344 e. The van der Waals surface area contributed by atoms with E-state index in [-0.39, 0.29) is 29.6 Å². The molecule has 0 aliphatic rings. The number of carboxylic acids is 2. The van der Waals surface area contributed by atoms with Gasteiger partial charge in [-0.25, -0.2) is 9.59 Å². The number of hydrogen-bond acceptors (Lipinski definition) is 3. The van der Waals surface area contributed by atoms with Gasteiger partial charge >= 0.3 is 11.9 Å². The molecule has 0 bridgehead atoms. The minimum absolute atomic E-state index is 0. The van der Waals surface area contributed by atoms with Gasteiger partial charge in [-0.05, 0) is 0 Å². The number of aliphatic hydroxyl groups is 1. The average Bonchev–Trinajstić information content (AvgIpc) is 1.64. The van der Waals surface area contributed by atoms with Gasteiger partial charge in [0, 0.05) is 29.6 Å². The maximum absolute atomic E-state index is 9.51. The Bertz CT molecular complexity index is 107. The van der Waals surface area contributed by atoms with Crippen LogP contribution in [0.15, 0.2) is 0 Å². The van der Waals surface area contributed by atoms with Crippen LogP contribution in [0.3, 0.4) is 0 Å². The van der Waals surface area contributed by atoms with Crippen molar-refractivity contribution in [2.24, 2.45) is 0 Å². The standard InChI is InChI=1S/C3H4O5.Na/c4-1(2(5)6)3(7)8;/h1,4H,(H,5,6)(H,7,8);. The van der Waals surface area contributed by atoms with Gasteiger partial charge in [0.1, 0.15) is 0 Å². The predicted molar refractivity (Wildman–Crippen MR) is 27.0 cm³/mol. The summed E-state index contributed by atoms with van der Waals surface area (Å²) in [5, 5.41) is 23.4. The quantitative estimate of drug-likeness (QED) is 0.311. The molecule has 1 radical (unpaired) electrons. The fraction of sp³-hybridized carbons (Fsp3) is 0.333. The van der Waals surface area contributed by atoms with Crippen LogP contribution in [0.5, 0.6) is 0 Å². The van der Waals surface area contributed by atoms with Crippen LogP contribution >= 0.6 is 0 Å². The first kappa shape index (κ1) is 11.7. The third-order valence-corrected chi connectivity index (χ3v) is 0.468. The monoisotopic (exact) mass is 143 g/mol. The van der Waals surface area contributed by atoms with E-state index >= 15 is 0 Å². The van der Waals surface area contributed by atoms with Crippen molar-refractivity contribution < 1.29 is 24.9 Å². The molecule has 47 valence electrons. The van der Waals surface area contributed by atoms with Crippen LogP contribution < -0.4 is 0 Å². The summed E-state index contributed by atoms with van der Waals surface area (Å²) in [6.07, 6.45) is -2.30. The molecule has 0 atom stereocenters. The molecular weight excluding hydrogens is 139 g/mol. The van der Waals surface area contributed by atoms with Crippen LogP contribution in [0.4, 0.5) is 0 Å². The first-order chi connectivity index (χ1) is 3.55. The van der Waals surface area contributed by atoms with Crippen LogP contribution in [0.25, 0.3) is 0 Å². The van der Waals surface area contributed by atoms with E-state index in [1.165, 1.54) is 0 Å². The molecule has 0 fully saturated rings. The summed E-state index contributed by atoms with van der Waals surface area (Å²) in [7, 11) is 0. The van der Waals surface area contributed by atoms with E-state index < -0.39 is 18.0 Å². The van der Waals surface area contributed by atoms with Crippen LogP contribution in [-0.2, 0) is 9.59 Å². The van der Waals surface area contributed by atoms with E-state index in [0.29, 0.717) is 0 Å². The average molecular weight is 143 g/mol. The third kappa shape index (κ3) is 4.41. The first-order valence-electron chi connectivity index (χ1n) is 1.69. The Morgan fingerprint density at radius 1 is 1.11 bits per heavy atom. The number of carboxylic acid groups (broad SMARTS) is 2. The molecule has 9 heavy (non-hydrogen) atoms. The van der Waals surface area contributed by atoms with Gasteiger partial charge in [0.2, 0.25) is 6.10 Å². The summed E-state index contributed by atoms with van der Waals surface area (Å²) < 4.78 is 0. The second kappa shape index (κ2) is 4.75. The summed E-state index contributed by atoms with van der Waals surface area (Å²) in [6, 6.07) is 0. The summed E-state index contributed by atoms with van der Waals surface area (Å²) in [5.74, 6) is -3.50. The molecule has 0 amide bonds. The van der Waals surface area contributed by atoms with Gasteiger partial charge in [-0.2, -0.15) is 0 Å². The smallest absolute Gasteiger partial charge is 0.344 e. The van der Waals surface area contributed by atoms with E-state index in [4.69, 9.17) is 15.3 Å². The molecule has 0 unspecified atom stereocenters. The molecule has 0 saturated heterocycles. The molecule has 5 nitrogen and oxygen atoms in total. The molecule has 0 saturated carbocycles. The van der Waals surface area contributed by atoms with Gasteiger partial charge in [-0.15, -0.1) is 0 Å². The summed E-state index contributed by atoms with van der Waals surface area (Å²) in [5.41, 5.74) is 0. The second-order valence-electron chi connectivity index (χ2n) is 1.08. The van der Waals surface area contributed by atoms with E-state index in [0.717, 1.165) is 0 Å². The second-order valence-corrected chi connectivity index (χ2v) is 1.08. The zero-order valence-electron chi connectivity index (χ0n) is 4.74. The normalized spacial score (nSPS) is 8.22. The van der Waals surface area contributed by atoms with Crippen molar-refractivity contribution in [2.75, 3.05) is 0 Å². The van der Waals surface area contributed by atoms with Crippen molar-refractivity contribution in [1.82, 2.24) is 0 Å². The van der Waals surface area contributed by atoms with Crippen molar-refractivity contribution in [2.45, 2.75) is 6.10 Å². The number of rotatable bonds is 2. The molecule has 0 aliphatic carbocycles. The van der Waals surface area contributed by atoms with Gasteiger partial charge in [0.05, 0.1) is 0 Å². The van der Waals surface area contributed by atoms with Crippen molar-refractivity contribution in [1.29, 1.82) is 0 Å². The maximum atomic E-state index is 9.51. The number of carbonyl (C=O) groups is 2. The molecule has 0 rings (SSSR count). The van der Waals surface area contributed by atoms with E-state index in [2.05, 4.69) is 0 Å². The fourth-order valence-corrected chi connectivity index (χ4v) is 0.106. The minimum Gasteiger partial charge on any atom is -0.479 e. The van der Waals surface area contributed by atoms with E-state index in [1.807, 2.05) is 0 Å². The molecule has 3 N–H and O–H groups in total. The number of aliphatic carboxylic acids is 2. The molecule has 0 spiro atoms. The van der Waals surface area contributed by atoms with Gasteiger partial charge in [-0.3, -0.25) is 0 Å². The van der Waals surface area contributed by atoms with Crippen molar-refractivity contribution in [3.05, 3.63) is 0 Å². The van der Waals surface area contributed by atoms with Crippen LogP contribution in [0.2, 0.25) is 0 Å². The van der Waals surface area contributed by atoms with Crippen LogP contribution in [0.1, 0.15) is 0 Å². The zero-order valence-corrected chi connectivity index (χ0v) is 6.74. The van der Waals surface area contributed by atoms with E-state index in [9.17, 15) is 9.59 Å². The first-order valence-corrected chi connectivity index (χ1v) is 1.69. The van der Waals surface area contributed by atoms with Crippen LogP contribution in [0, 0.1) is 0 Å². The minimum atomic E-state index is -2.30. The molecule has 0 heterocycles. The van der Waals surface area contributed by atoms with Gasteiger partial charge < -0.3 is 15.3 Å². The summed E-state index contributed by atoms with van der Waals surface area (Å²) in [4.78, 5) is 19.0. The van der Waals surface area contributed by atoms with Crippen molar-refractivity contribution in [3.63, 3.8) is 0 Å². The Balaban J connectivity index is 0. The van der Waals surface area contributed by atoms with Gasteiger partial charge in [-0.1, -0.05) is 0 Å². The molecule has 6 heteroatoms. The Labute approximate surface area is 72.6 Å². The predicted octanol–water partition coefficient (Wildman–Crippen LogP) is -1.86. The molecule has 0 aromatic heterocycles. The summed E-state index contributed by atoms with van der Waals surface area (Å²) in [6.45, 7) is 0. The zero-order chi connectivity index (χ0) is 6.73. The van der Waals surface area contributed by atoms with Crippen LogP contribution in [-0.4, -0.2) is 62.9 Å². The van der Waals surface area contributed by atoms with Crippen molar-refractivity contribution in [3.8, 4) is 0 Å². The Morgan fingerprint density at radius 2 is 1.33 bits per heavy atom. The number of hydrogen-bond donors (Lipinski definition) is 3. The third-order valence-electron chi connectivity index (χ3n) is 0.468. The molecule has 0 aromatic rings. The van der Waals surface area contributed by atoms with Crippen molar-refractivity contribution >= 4 is 41.5 Å². The topological polar surface area (TPSA) is 94.8 Å². The molecule has 0 aliphatic heterocycles. The molecule has 0 aromatic carbocycles. The Kier molecular flexibility index (Phi) is 6.16. The Morgan fingerprint density at radius 3 is 1.33 bits per heavy atom. The summed E-state index contributed by atoms with van der Waals surface area (Å²) >= 11 is 0. The fourth-order valence-electron chi connectivity index (χ4n) is 0.106. The largest absolute Gasteiger partial charge is 0.479 e. The number of aliphatic hydroxyl groups excluding tert-OH is 1. The van der Waals surface area contributed by atoms with Gasteiger partial charge in [0.25, 0.3) is 0 Å².